The molecule has 0 aromatic heterocycles. The second-order valence-electron chi connectivity index (χ2n) is 1.86. The number of nitrogens with one attached hydrogen (secondary N) is 1. The first-order valence-electron chi connectivity index (χ1n) is 3.18. The summed E-state index contributed by atoms with van der Waals surface area (Å²) in [5.41, 5.74) is 0. The molecule has 0 aliphatic rings. The molecule has 0 aliphatic heterocycles. The van der Waals surface area contributed by atoms with Gasteiger partial charge in [0.2, 0.25) is 10.0 Å². The average molecular weight is 166 g/mol. The van der Waals surface area contributed by atoms with E-state index in [0.717, 1.165) is 0 Å². The molecule has 0 rings (SSSR count). The van der Waals surface area contributed by atoms with E-state index < -0.39 is 10.0 Å². The molecule has 5 heteroatoms. The molecular weight excluding hydrogens is 154 g/mol. The van der Waals surface area contributed by atoms with E-state index in [4.69, 9.17) is 0 Å². The minimum Gasteiger partial charge on any atom is -0.237 e. The summed E-state index contributed by atoms with van der Waals surface area (Å²) < 4.78 is 23.6. The molecule has 0 aliphatic carbocycles. The van der Waals surface area contributed by atoms with Gasteiger partial charge in [0.25, 0.3) is 0 Å². The summed E-state index contributed by atoms with van der Waals surface area (Å²) in [6.07, 6.45) is 0.360. The van der Waals surface area contributed by atoms with Crippen LogP contribution in [0.25, 0.3) is 0 Å². The first kappa shape index (κ1) is 9.87. The predicted octanol–water partition coefficient (Wildman–Crippen LogP) is -0.254. The van der Waals surface area contributed by atoms with Gasteiger partial charge < -0.3 is 0 Å². The Labute approximate surface area is 61.3 Å². The van der Waals surface area contributed by atoms with E-state index in [1.165, 1.54) is 0 Å². The second kappa shape index (κ2) is 4.65. The first-order chi connectivity index (χ1) is 4.62. The lowest BCUT2D eigenvalue weighted by Crippen LogP contribution is -2.26. The maximum atomic E-state index is 10.7. The summed E-state index contributed by atoms with van der Waals surface area (Å²) in [4.78, 5) is 0. The van der Waals surface area contributed by atoms with Crippen LogP contribution >= 0.6 is 0 Å². The molecule has 0 saturated carbocycles. The Morgan fingerprint density at radius 1 is 1.40 bits per heavy atom. The normalized spacial score (nSPS) is 11.8. The van der Waals surface area contributed by atoms with Crippen LogP contribution in [-0.2, 0) is 15.1 Å². The highest BCUT2D eigenvalue weighted by molar-refractivity contribution is 7.89. The topological polar surface area (TPSA) is 66.1 Å². The molecule has 0 saturated heterocycles. The molecule has 0 unspecified atom stereocenters. The fraction of sp³-hybridized carbons (Fsp3) is 1.00. The molecule has 10 heavy (non-hydrogen) atoms. The van der Waals surface area contributed by atoms with Crippen molar-refractivity contribution in [3.05, 3.63) is 0 Å². The van der Waals surface area contributed by atoms with Crippen LogP contribution in [0.15, 0.2) is 0 Å². The predicted molar refractivity (Wildman–Crippen MR) is 37.6 cm³/mol. The van der Waals surface area contributed by atoms with Crippen molar-refractivity contribution in [2.24, 2.45) is 0 Å². The highest BCUT2D eigenvalue weighted by atomic mass is 32.2. The highest BCUT2D eigenvalue weighted by Crippen LogP contribution is 1.82. The molecule has 0 aromatic rings. The van der Waals surface area contributed by atoms with Crippen LogP contribution in [0.4, 0.5) is 0 Å². The molecule has 1 N–H and O–H groups in total. The fourth-order valence-electron chi connectivity index (χ4n) is 0.402. The Hall–Kier alpha value is -0.130. The molecule has 0 bridgehead atoms. The molecule has 0 atom stereocenters. The van der Waals surface area contributed by atoms with E-state index in [1.54, 1.807) is 6.92 Å². The maximum absolute atomic E-state index is 10.7. The van der Waals surface area contributed by atoms with Gasteiger partial charge in [0, 0.05) is 6.54 Å². The van der Waals surface area contributed by atoms with Crippen LogP contribution in [0.3, 0.4) is 0 Å². The zero-order chi connectivity index (χ0) is 8.04. The van der Waals surface area contributed by atoms with Crippen molar-refractivity contribution in [2.75, 3.05) is 18.9 Å². The van der Waals surface area contributed by atoms with Crippen LogP contribution in [0, 0.1) is 0 Å². The van der Waals surface area contributed by atoms with Gasteiger partial charge in [-0.1, -0.05) is 0 Å². The Morgan fingerprint density at radius 3 is 2.40 bits per heavy atom. The summed E-state index contributed by atoms with van der Waals surface area (Å²) in [7, 11) is -3.08. The van der Waals surface area contributed by atoms with Gasteiger partial charge in [0.15, 0.2) is 0 Å². The quantitative estimate of drug-likeness (QED) is 0.572. The lowest BCUT2D eigenvalue weighted by atomic mass is 10.5. The summed E-state index contributed by atoms with van der Waals surface area (Å²) in [5, 5.41) is 9.87. The van der Waals surface area contributed by atoms with Crippen LogP contribution in [0.2, 0.25) is 0 Å². The number of hydrogen-bond acceptors (Lipinski definition) is 2. The maximum Gasteiger partial charge on any atom is 0.211 e. The lowest BCUT2D eigenvalue weighted by molar-refractivity contribution is 0.190. The Bertz CT molecular complexity index is 164. The molecule has 4 nitrogen and oxygen atoms in total. The fourth-order valence-corrected chi connectivity index (χ4v) is 1.06. The minimum absolute atomic E-state index is 0.0753. The molecule has 0 spiro atoms. The molecule has 0 aromatic carbocycles. The molecule has 0 amide bonds. The molecular formula is C5H12NO3S. The molecule has 61 valence electrons. The van der Waals surface area contributed by atoms with Gasteiger partial charge in [-0.15, -0.1) is 0 Å². The van der Waals surface area contributed by atoms with Crippen molar-refractivity contribution >= 4 is 10.0 Å². The Kier molecular flexibility index (Phi) is 4.59. The SMILES string of the molecule is CCS(=O)(=O)NCCC[O]. The van der Waals surface area contributed by atoms with Gasteiger partial charge in [-0.3, -0.25) is 0 Å². The van der Waals surface area contributed by atoms with Crippen molar-refractivity contribution in [1.82, 2.24) is 4.72 Å². The van der Waals surface area contributed by atoms with Crippen LogP contribution in [0.5, 0.6) is 0 Å². The summed E-state index contributed by atoms with van der Waals surface area (Å²) >= 11 is 0. The van der Waals surface area contributed by atoms with E-state index in [1.807, 2.05) is 0 Å². The van der Waals surface area contributed by atoms with Gasteiger partial charge in [0.1, 0.15) is 0 Å². The Balaban J connectivity index is 3.49. The van der Waals surface area contributed by atoms with E-state index in [0.29, 0.717) is 6.42 Å². The third kappa shape index (κ3) is 4.72. The minimum atomic E-state index is -3.08. The smallest absolute Gasteiger partial charge is 0.211 e. The van der Waals surface area contributed by atoms with Gasteiger partial charge >= 0.3 is 0 Å². The van der Waals surface area contributed by atoms with E-state index in [-0.39, 0.29) is 18.9 Å². The number of sulfonamides is 1. The van der Waals surface area contributed by atoms with Gasteiger partial charge in [0.05, 0.1) is 12.4 Å². The van der Waals surface area contributed by atoms with Crippen molar-refractivity contribution in [1.29, 1.82) is 0 Å². The van der Waals surface area contributed by atoms with Crippen molar-refractivity contribution in [2.45, 2.75) is 13.3 Å². The molecule has 0 heterocycles. The van der Waals surface area contributed by atoms with Crippen molar-refractivity contribution in [3.63, 3.8) is 0 Å². The van der Waals surface area contributed by atoms with Crippen molar-refractivity contribution in [3.8, 4) is 0 Å². The third-order valence-corrected chi connectivity index (χ3v) is 2.43. The van der Waals surface area contributed by atoms with Crippen LogP contribution < -0.4 is 4.72 Å². The van der Waals surface area contributed by atoms with E-state index in [9.17, 15) is 13.5 Å². The Morgan fingerprint density at radius 2 is 2.00 bits per heavy atom. The van der Waals surface area contributed by atoms with Crippen LogP contribution in [0.1, 0.15) is 13.3 Å². The van der Waals surface area contributed by atoms with Gasteiger partial charge in [-0.25, -0.2) is 18.2 Å². The molecule has 0 fully saturated rings. The average Bonchev–Trinajstić information content (AvgIpc) is 1.89. The summed E-state index contributed by atoms with van der Waals surface area (Å²) in [5.74, 6) is 0.0753. The monoisotopic (exact) mass is 166 g/mol. The van der Waals surface area contributed by atoms with E-state index in [2.05, 4.69) is 4.72 Å². The standard InChI is InChI=1S/C5H12NO3S/c1-2-10(8,9)6-4-3-5-7/h6H,2-5H2,1H3. The second-order valence-corrected chi connectivity index (χ2v) is 3.95. The van der Waals surface area contributed by atoms with Crippen molar-refractivity contribution < 1.29 is 13.5 Å². The highest BCUT2D eigenvalue weighted by Gasteiger charge is 2.03. The zero-order valence-corrected chi connectivity index (χ0v) is 6.78. The van der Waals surface area contributed by atoms with Crippen LogP contribution in [-0.4, -0.2) is 27.3 Å². The zero-order valence-electron chi connectivity index (χ0n) is 5.96. The summed E-state index contributed by atoms with van der Waals surface area (Å²) in [6.45, 7) is 1.59. The number of hydrogen-bond donors (Lipinski definition) is 1. The first-order valence-corrected chi connectivity index (χ1v) is 4.83. The third-order valence-electron chi connectivity index (χ3n) is 1.02. The summed E-state index contributed by atoms with van der Waals surface area (Å²) in [6, 6.07) is 0. The number of rotatable bonds is 5. The largest absolute Gasteiger partial charge is 0.237 e. The lowest BCUT2D eigenvalue weighted by Gasteiger charge is -2.00. The van der Waals surface area contributed by atoms with E-state index >= 15 is 0 Å². The molecule has 1 radical (unpaired) electrons. The van der Waals surface area contributed by atoms with Gasteiger partial charge in [-0.05, 0) is 13.3 Å². The van der Waals surface area contributed by atoms with Gasteiger partial charge in [-0.2, -0.15) is 0 Å².